The van der Waals surface area contributed by atoms with Crippen molar-refractivity contribution in [2.45, 2.75) is 6.92 Å². The van der Waals surface area contributed by atoms with Gasteiger partial charge in [0.1, 0.15) is 17.3 Å². The van der Waals surface area contributed by atoms with E-state index in [2.05, 4.69) is 0 Å². The monoisotopic (exact) mass is 274 g/mol. The number of esters is 2. The topological polar surface area (TPSA) is 52.6 Å². The van der Waals surface area contributed by atoms with Crippen molar-refractivity contribution in [2.24, 2.45) is 0 Å². The Kier molecular flexibility index (Phi) is 4.10. The van der Waals surface area contributed by atoms with Crippen molar-refractivity contribution in [3.8, 4) is 11.5 Å². The average Bonchev–Trinajstić information content (AvgIpc) is 2.41. The zero-order valence-corrected chi connectivity index (χ0v) is 10.6. The van der Waals surface area contributed by atoms with Crippen molar-refractivity contribution in [1.82, 2.24) is 0 Å². The highest BCUT2D eigenvalue weighted by atomic mass is 19.1. The van der Waals surface area contributed by atoms with E-state index >= 15 is 0 Å². The zero-order valence-electron chi connectivity index (χ0n) is 10.6. The number of carbonyl (C=O) groups excluding carboxylic acids is 2. The molecule has 4 nitrogen and oxygen atoms in total. The van der Waals surface area contributed by atoms with Crippen LogP contribution in [-0.2, 0) is 4.79 Å². The molecule has 0 heterocycles. The van der Waals surface area contributed by atoms with Gasteiger partial charge in [0.25, 0.3) is 0 Å². The second-order valence-electron chi connectivity index (χ2n) is 3.96. The minimum atomic E-state index is -0.578. The Hall–Kier alpha value is -2.69. The molecule has 0 aliphatic carbocycles. The highest BCUT2D eigenvalue weighted by Gasteiger charge is 2.09. The molecule has 0 aliphatic rings. The molecule has 2 aromatic carbocycles. The predicted octanol–water partition coefficient (Wildman–Crippen LogP) is 2.97. The maximum atomic E-state index is 12.7. The molecule has 0 amide bonds. The SMILES string of the molecule is CC(=O)Oc1ccc(C(=O)Oc2ccc(F)cc2)cc1. The molecule has 0 aliphatic heterocycles. The molecule has 20 heavy (non-hydrogen) atoms. The van der Waals surface area contributed by atoms with Crippen molar-refractivity contribution < 1.29 is 23.5 Å². The molecule has 0 fully saturated rings. The summed E-state index contributed by atoms with van der Waals surface area (Å²) in [6.07, 6.45) is 0. The van der Waals surface area contributed by atoms with E-state index in [0.717, 1.165) is 0 Å². The van der Waals surface area contributed by atoms with Crippen LogP contribution in [0, 0.1) is 5.82 Å². The smallest absolute Gasteiger partial charge is 0.343 e. The second kappa shape index (κ2) is 5.97. The summed E-state index contributed by atoms with van der Waals surface area (Å²) in [5.41, 5.74) is 0.297. The minimum Gasteiger partial charge on any atom is -0.427 e. The number of hydrogen-bond acceptors (Lipinski definition) is 4. The van der Waals surface area contributed by atoms with Crippen LogP contribution in [0.3, 0.4) is 0 Å². The lowest BCUT2D eigenvalue weighted by atomic mass is 10.2. The molecule has 0 spiro atoms. The van der Waals surface area contributed by atoms with Gasteiger partial charge in [0.15, 0.2) is 0 Å². The Bertz CT molecular complexity index is 617. The van der Waals surface area contributed by atoms with Gasteiger partial charge in [-0.15, -0.1) is 0 Å². The normalized spacial score (nSPS) is 9.90. The number of hydrogen-bond donors (Lipinski definition) is 0. The van der Waals surface area contributed by atoms with E-state index < -0.39 is 17.8 Å². The van der Waals surface area contributed by atoms with Crippen LogP contribution in [0.15, 0.2) is 48.5 Å². The molecule has 0 radical (unpaired) electrons. The van der Waals surface area contributed by atoms with E-state index in [0.29, 0.717) is 11.3 Å². The first kappa shape index (κ1) is 13.7. The fourth-order valence-corrected chi connectivity index (χ4v) is 1.49. The fraction of sp³-hybridized carbons (Fsp3) is 0.0667. The molecule has 102 valence electrons. The third-order valence-corrected chi connectivity index (χ3v) is 2.38. The third kappa shape index (κ3) is 3.65. The van der Waals surface area contributed by atoms with Crippen LogP contribution in [0.5, 0.6) is 11.5 Å². The Balaban J connectivity index is 2.05. The molecular weight excluding hydrogens is 263 g/mol. The van der Waals surface area contributed by atoms with Crippen molar-refractivity contribution in [1.29, 1.82) is 0 Å². The van der Waals surface area contributed by atoms with Crippen LogP contribution in [0.25, 0.3) is 0 Å². The van der Waals surface area contributed by atoms with Gasteiger partial charge in [-0.1, -0.05) is 0 Å². The van der Waals surface area contributed by atoms with Gasteiger partial charge in [0, 0.05) is 6.92 Å². The van der Waals surface area contributed by atoms with Gasteiger partial charge in [-0.25, -0.2) is 9.18 Å². The van der Waals surface area contributed by atoms with Gasteiger partial charge >= 0.3 is 11.9 Å². The van der Waals surface area contributed by atoms with Crippen LogP contribution in [0.4, 0.5) is 4.39 Å². The van der Waals surface area contributed by atoms with Crippen LogP contribution in [0.2, 0.25) is 0 Å². The zero-order chi connectivity index (χ0) is 14.5. The van der Waals surface area contributed by atoms with E-state index in [1.165, 1.54) is 55.5 Å². The summed E-state index contributed by atoms with van der Waals surface area (Å²) in [5, 5.41) is 0. The number of ether oxygens (including phenoxy) is 2. The summed E-state index contributed by atoms with van der Waals surface area (Å²) >= 11 is 0. The van der Waals surface area contributed by atoms with E-state index in [1.54, 1.807) is 0 Å². The lowest BCUT2D eigenvalue weighted by Crippen LogP contribution is -2.08. The molecule has 5 heteroatoms. The van der Waals surface area contributed by atoms with Crippen molar-refractivity contribution in [3.63, 3.8) is 0 Å². The summed E-state index contributed by atoms with van der Waals surface area (Å²) in [7, 11) is 0. The summed E-state index contributed by atoms with van der Waals surface area (Å²) in [6, 6.07) is 11.1. The summed E-state index contributed by atoms with van der Waals surface area (Å²) < 4.78 is 22.6. The van der Waals surface area contributed by atoms with Crippen LogP contribution in [0.1, 0.15) is 17.3 Å². The van der Waals surface area contributed by atoms with E-state index in [9.17, 15) is 14.0 Å². The Morgan fingerprint density at radius 2 is 1.35 bits per heavy atom. The molecule has 0 saturated heterocycles. The van der Waals surface area contributed by atoms with Crippen LogP contribution < -0.4 is 9.47 Å². The number of carbonyl (C=O) groups is 2. The standard InChI is InChI=1S/C15H11FO4/c1-10(17)19-13-6-2-11(3-7-13)15(18)20-14-8-4-12(16)5-9-14/h2-9H,1H3. The van der Waals surface area contributed by atoms with Gasteiger partial charge < -0.3 is 9.47 Å². The van der Waals surface area contributed by atoms with Gasteiger partial charge in [-0.2, -0.15) is 0 Å². The summed E-state index contributed by atoms with van der Waals surface area (Å²) in [4.78, 5) is 22.6. The van der Waals surface area contributed by atoms with E-state index in [1.807, 2.05) is 0 Å². The lowest BCUT2D eigenvalue weighted by molar-refractivity contribution is -0.131. The summed E-state index contributed by atoms with van der Waals surface area (Å²) in [6.45, 7) is 1.29. The first-order valence-electron chi connectivity index (χ1n) is 5.81. The van der Waals surface area contributed by atoms with Crippen molar-refractivity contribution in [2.75, 3.05) is 0 Å². The molecule has 0 saturated carbocycles. The number of benzene rings is 2. The molecule has 0 aromatic heterocycles. The fourth-order valence-electron chi connectivity index (χ4n) is 1.49. The first-order chi connectivity index (χ1) is 9.54. The second-order valence-corrected chi connectivity index (χ2v) is 3.96. The molecule has 0 bridgehead atoms. The largest absolute Gasteiger partial charge is 0.427 e. The molecular formula is C15H11FO4. The predicted molar refractivity (Wildman–Crippen MR) is 69.1 cm³/mol. The minimum absolute atomic E-state index is 0.250. The van der Waals surface area contributed by atoms with Crippen molar-refractivity contribution in [3.05, 3.63) is 59.9 Å². The molecule has 0 unspecified atom stereocenters. The average molecular weight is 274 g/mol. The Morgan fingerprint density at radius 1 is 0.850 bits per heavy atom. The number of halogens is 1. The third-order valence-electron chi connectivity index (χ3n) is 2.38. The quantitative estimate of drug-likeness (QED) is 0.637. The Morgan fingerprint density at radius 3 is 1.90 bits per heavy atom. The molecule has 0 atom stereocenters. The molecule has 2 aromatic rings. The number of rotatable bonds is 3. The first-order valence-corrected chi connectivity index (χ1v) is 5.81. The maximum absolute atomic E-state index is 12.7. The van der Waals surface area contributed by atoms with E-state index in [-0.39, 0.29) is 5.75 Å². The van der Waals surface area contributed by atoms with Crippen LogP contribution >= 0.6 is 0 Å². The van der Waals surface area contributed by atoms with Gasteiger partial charge in [-0.3, -0.25) is 4.79 Å². The molecule has 0 N–H and O–H groups in total. The van der Waals surface area contributed by atoms with Gasteiger partial charge in [0.05, 0.1) is 5.56 Å². The molecule has 2 rings (SSSR count). The Labute approximate surface area is 114 Å². The highest BCUT2D eigenvalue weighted by molar-refractivity contribution is 5.91. The summed E-state index contributed by atoms with van der Waals surface area (Å²) in [5.74, 6) is -0.829. The lowest BCUT2D eigenvalue weighted by Gasteiger charge is -2.05. The van der Waals surface area contributed by atoms with Crippen LogP contribution in [-0.4, -0.2) is 11.9 Å². The van der Waals surface area contributed by atoms with E-state index in [4.69, 9.17) is 9.47 Å². The highest BCUT2D eigenvalue weighted by Crippen LogP contribution is 2.16. The maximum Gasteiger partial charge on any atom is 0.343 e. The van der Waals surface area contributed by atoms with Gasteiger partial charge in [-0.05, 0) is 48.5 Å². The van der Waals surface area contributed by atoms with Gasteiger partial charge in [0.2, 0.25) is 0 Å². The van der Waals surface area contributed by atoms with Crippen molar-refractivity contribution >= 4 is 11.9 Å².